The molecule has 4 heteroatoms. The van der Waals surface area contributed by atoms with Crippen LogP contribution in [0.3, 0.4) is 0 Å². The summed E-state index contributed by atoms with van der Waals surface area (Å²) in [6.07, 6.45) is 1.46. The number of aliphatic carboxylic acids is 1. The van der Waals surface area contributed by atoms with Crippen LogP contribution in [-0.2, 0) is 4.79 Å². The Morgan fingerprint density at radius 2 is 2.27 bits per heavy atom. The topological polar surface area (TPSA) is 60.8 Å². The maximum atomic E-state index is 10.8. The molecule has 1 saturated heterocycles. The second-order valence-corrected chi connectivity index (χ2v) is 4.69. The van der Waals surface area contributed by atoms with E-state index in [4.69, 9.17) is 10.2 Å². The fraction of sp³-hybridized carbons (Fsp3) is 0.909. The molecule has 2 N–H and O–H groups in total. The molecule has 0 aromatic heterocycles. The first-order valence-corrected chi connectivity index (χ1v) is 5.62. The lowest BCUT2D eigenvalue weighted by Gasteiger charge is -2.37. The Morgan fingerprint density at radius 3 is 2.73 bits per heavy atom. The van der Waals surface area contributed by atoms with E-state index in [1.54, 1.807) is 0 Å². The van der Waals surface area contributed by atoms with Gasteiger partial charge in [-0.15, -0.1) is 0 Å². The van der Waals surface area contributed by atoms with Gasteiger partial charge in [-0.1, -0.05) is 6.92 Å². The summed E-state index contributed by atoms with van der Waals surface area (Å²) in [6.45, 7) is 5.98. The van der Waals surface area contributed by atoms with Crippen LogP contribution in [0, 0.1) is 11.8 Å². The van der Waals surface area contributed by atoms with E-state index in [0.717, 1.165) is 25.9 Å². The number of likely N-dealkylation sites (tertiary alicyclic amines) is 1. The number of hydrogen-bond donors (Lipinski definition) is 2. The predicted molar refractivity (Wildman–Crippen MR) is 57.6 cm³/mol. The molecule has 88 valence electrons. The third-order valence-electron chi connectivity index (χ3n) is 3.22. The molecule has 0 aromatic carbocycles. The van der Waals surface area contributed by atoms with E-state index in [1.807, 2.05) is 6.92 Å². The van der Waals surface area contributed by atoms with Gasteiger partial charge in [0.2, 0.25) is 0 Å². The molecule has 4 nitrogen and oxygen atoms in total. The van der Waals surface area contributed by atoms with Gasteiger partial charge in [-0.3, -0.25) is 4.79 Å². The molecule has 1 aliphatic rings. The van der Waals surface area contributed by atoms with Crippen molar-refractivity contribution >= 4 is 5.97 Å². The Bertz CT molecular complexity index is 220. The number of nitrogens with zero attached hydrogens (tertiary/aromatic N) is 1. The van der Waals surface area contributed by atoms with Gasteiger partial charge in [0, 0.05) is 19.2 Å². The molecule has 3 atom stereocenters. The Kier molecular flexibility index (Phi) is 4.54. The van der Waals surface area contributed by atoms with E-state index in [0.29, 0.717) is 6.04 Å². The van der Waals surface area contributed by atoms with Crippen molar-refractivity contribution in [3.05, 3.63) is 0 Å². The molecule has 0 aromatic rings. The monoisotopic (exact) mass is 215 g/mol. The Labute approximate surface area is 90.9 Å². The van der Waals surface area contributed by atoms with Crippen LogP contribution in [0.1, 0.15) is 26.7 Å². The Hall–Kier alpha value is -0.610. The molecule has 0 radical (unpaired) electrons. The van der Waals surface area contributed by atoms with Crippen LogP contribution in [0.2, 0.25) is 0 Å². The highest BCUT2D eigenvalue weighted by molar-refractivity contribution is 5.70. The number of carboxylic acids is 1. The number of carboxylic acid groups (broad SMARTS) is 1. The second kappa shape index (κ2) is 5.47. The van der Waals surface area contributed by atoms with E-state index in [2.05, 4.69) is 11.8 Å². The van der Waals surface area contributed by atoms with E-state index in [-0.39, 0.29) is 18.4 Å². The van der Waals surface area contributed by atoms with Crippen molar-refractivity contribution in [3.63, 3.8) is 0 Å². The highest BCUT2D eigenvalue weighted by atomic mass is 16.4. The van der Waals surface area contributed by atoms with E-state index in [9.17, 15) is 4.79 Å². The maximum absolute atomic E-state index is 10.8. The third kappa shape index (κ3) is 3.47. The fourth-order valence-corrected chi connectivity index (χ4v) is 2.17. The minimum absolute atomic E-state index is 0.180. The zero-order valence-electron chi connectivity index (χ0n) is 9.52. The van der Waals surface area contributed by atoms with Crippen LogP contribution in [0.15, 0.2) is 0 Å². The van der Waals surface area contributed by atoms with Gasteiger partial charge in [-0.25, -0.2) is 0 Å². The molecule has 0 amide bonds. The number of hydrogen-bond acceptors (Lipinski definition) is 3. The number of piperidine rings is 1. The van der Waals surface area contributed by atoms with Gasteiger partial charge < -0.3 is 15.1 Å². The first-order valence-electron chi connectivity index (χ1n) is 5.62. The summed E-state index contributed by atoms with van der Waals surface area (Å²) >= 11 is 0. The molecular weight excluding hydrogens is 194 g/mol. The van der Waals surface area contributed by atoms with Gasteiger partial charge in [0.05, 0.1) is 5.92 Å². The van der Waals surface area contributed by atoms with E-state index in [1.165, 1.54) is 0 Å². The third-order valence-corrected chi connectivity index (χ3v) is 3.22. The molecule has 1 rings (SSSR count). The van der Waals surface area contributed by atoms with Gasteiger partial charge >= 0.3 is 5.97 Å². The summed E-state index contributed by atoms with van der Waals surface area (Å²) in [6, 6.07) is 0.314. The lowest BCUT2D eigenvalue weighted by Crippen LogP contribution is -2.44. The largest absolute Gasteiger partial charge is 0.481 e. The number of aliphatic hydroxyl groups excluding tert-OH is 1. The number of rotatable bonds is 4. The van der Waals surface area contributed by atoms with Gasteiger partial charge in [-0.2, -0.15) is 0 Å². The van der Waals surface area contributed by atoms with Gasteiger partial charge in [0.15, 0.2) is 0 Å². The average molecular weight is 215 g/mol. The lowest BCUT2D eigenvalue weighted by atomic mass is 9.91. The summed E-state index contributed by atoms with van der Waals surface area (Å²) in [7, 11) is 0. The summed E-state index contributed by atoms with van der Waals surface area (Å²) in [5.41, 5.74) is 0. The Balaban J connectivity index is 2.42. The van der Waals surface area contributed by atoms with Gasteiger partial charge in [0.25, 0.3) is 0 Å². The van der Waals surface area contributed by atoms with E-state index >= 15 is 0 Å². The van der Waals surface area contributed by atoms with Crippen molar-refractivity contribution in [1.82, 2.24) is 4.90 Å². The first-order chi connectivity index (χ1) is 7.04. The molecule has 0 bridgehead atoms. The maximum Gasteiger partial charge on any atom is 0.306 e. The summed E-state index contributed by atoms with van der Waals surface area (Å²) in [4.78, 5) is 13.1. The van der Waals surface area contributed by atoms with Crippen LogP contribution in [0.5, 0.6) is 0 Å². The van der Waals surface area contributed by atoms with Crippen molar-refractivity contribution in [3.8, 4) is 0 Å². The van der Waals surface area contributed by atoms with Crippen LogP contribution in [0.25, 0.3) is 0 Å². The van der Waals surface area contributed by atoms with Crippen molar-refractivity contribution in [2.45, 2.75) is 32.7 Å². The SMILES string of the molecule is CC(CO)CN1CCC(C(=O)O)CC1C. The average Bonchev–Trinajstić information content (AvgIpc) is 2.20. The lowest BCUT2D eigenvalue weighted by molar-refractivity contribution is -0.144. The van der Waals surface area contributed by atoms with Gasteiger partial charge in [0.1, 0.15) is 0 Å². The number of aliphatic hydroxyl groups is 1. The van der Waals surface area contributed by atoms with Gasteiger partial charge in [-0.05, 0) is 32.2 Å². The van der Waals surface area contributed by atoms with Crippen molar-refractivity contribution in [1.29, 1.82) is 0 Å². The summed E-state index contributed by atoms with van der Waals surface area (Å²) < 4.78 is 0. The standard InChI is InChI=1S/C11H21NO3/c1-8(7-13)6-12-4-3-10(11(14)15)5-9(12)2/h8-10,13H,3-7H2,1-2H3,(H,14,15). The van der Waals surface area contributed by atoms with E-state index < -0.39 is 5.97 Å². The normalized spacial score (nSPS) is 30.1. The van der Waals surface area contributed by atoms with Crippen molar-refractivity contribution in [2.75, 3.05) is 19.7 Å². The fourth-order valence-electron chi connectivity index (χ4n) is 2.17. The minimum Gasteiger partial charge on any atom is -0.481 e. The number of carbonyl (C=O) groups is 1. The van der Waals surface area contributed by atoms with Crippen molar-refractivity contribution in [2.24, 2.45) is 11.8 Å². The van der Waals surface area contributed by atoms with Crippen molar-refractivity contribution < 1.29 is 15.0 Å². The molecular formula is C11H21NO3. The van der Waals surface area contributed by atoms with Crippen LogP contribution < -0.4 is 0 Å². The first kappa shape index (κ1) is 12.5. The highest BCUT2D eigenvalue weighted by Crippen LogP contribution is 2.23. The molecule has 1 heterocycles. The predicted octanol–water partition coefficient (Wildman–Crippen LogP) is 0.800. The molecule has 3 unspecified atom stereocenters. The molecule has 0 spiro atoms. The molecule has 1 aliphatic heterocycles. The second-order valence-electron chi connectivity index (χ2n) is 4.69. The quantitative estimate of drug-likeness (QED) is 0.728. The Morgan fingerprint density at radius 1 is 1.60 bits per heavy atom. The molecule has 15 heavy (non-hydrogen) atoms. The summed E-state index contributed by atoms with van der Waals surface area (Å²) in [5.74, 6) is -0.578. The zero-order chi connectivity index (χ0) is 11.4. The molecule has 0 saturated carbocycles. The minimum atomic E-state index is -0.670. The molecule has 0 aliphatic carbocycles. The van der Waals surface area contributed by atoms with Crippen LogP contribution >= 0.6 is 0 Å². The molecule has 1 fully saturated rings. The van der Waals surface area contributed by atoms with Crippen LogP contribution in [0.4, 0.5) is 0 Å². The highest BCUT2D eigenvalue weighted by Gasteiger charge is 2.29. The summed E-state index contributed by atoms with van der Waals surface area (Å²) in [5, 5.41) is 17.9. The van der Waals surface area contributed by atoms with Crippen LogP contribution in [-0.4, -0.2) is 46.8 Å². The smallest absolute Gasteiger partial charge is 0.306 e. The zero-order valence-corrected chi connectivity index (χ0v) is 9.52.